The molecular weight excluding hydrogens is 296 g/mol. The highest BCUT2D eigenvalue weighted by molar-refractivity contribution is 6.32. The highest BCUT2D eigenvalue weighted by Gasteiger charge is 2.16. The minimum Gasteiger partial charge on any atom is -0.495 e. The highest BCUT2D eigenvalue weighted by Crippen LogP contribution is 2.29. The van der Waals surface area contributed by atoms with E-state index in [1.807, 2.05) is 6.07 Å². The molecule has 0 aliphatic carbocycles. The molecule has 0 fully saturated rings. The molecule has 21 heavy (non-hydrogen) atoms. The molecule has 0 aliphatic rings. The van der Waals surface area contributed by atoms with Crippen LogP contribution in [-0.4, -0.2) is 14.2 Å². The lowest BCUT2D eigenvalue weighted by molar-refractivity contribution is 0.413. The number of hydrogen-bond acceptors (Lipinski definition) is 2. The molecule has 0 aliphatic heterocycles. The monoisotopic (exact) mass is 311 g/mol. The van der Waals surface area contributed by atoms with Crippen molar-refractivity contribution in [3.05, 3.63) is 64.2 Å². The van der Waals surface area contributed by atoms with Crippen LogP contribution in [0.25, 0.3) is 0 Å². The minimum atomic E-state index is -0.837. The summed E-state index contributed by atoms with van der Waals surface area (Å²) in [5.41, 5.74) is 1.21. The van der Waals surface area contributed by atoms with E-state index in [0.29, 0.717) is 22.8 Å². The Bertz CT molecular complexity index is 634. The summed E-state index contributed by atoms with van der Waals surface area (Å²) in [5.74, 6) is -1.09. The first-order valence-corrected chi connectivity index (χ1v) is 6.88. The van der Waals surface area contributed by atoms with Crippen LogP contribution in [0.15, 0.2) is 36.4 Å². The van der Waals surface area contributed by atoms with Crippen LogP contribution in [0.1, 0.15) is 17.2 Å². The van der Waals surface area contributed by atoms with Crippen LogP contribution in [0.3, 0.4) is 0 Å². The molecule has 0 saturated carbocycles. The van der Waals surface area contributed by atoms with Gasteiger partial charge in [-0.2, -0.15) is 0 Å². The normalized spacial score (nSPS) is 12.2. The Morgan fingerprint density at radius 2 is 2.00 bits per heavy atom. The number of rotatable bonds is 5. The number of benzene rings is 2. The van der Waals surface area contributed by atoms with E-state index in [0.717, 1.165) is 11.6 Å². The van der Waals surface area contributed by atoms with E-state index in [2.05, 4.69) is 5.32 Å². The van der Waals surface area contributed by atoms with Crippen molar-refractivity contribution in [2.45, 2.75) is 12.5 Å². The summed E-state index contributed by atoms with van der Waals surface area (Å²) < 4.78 is 32.2. The zero-order valence-electron chi connectivity index (χ0n) is 11.8. The molecule has 0 bridgehead atoms. The highest BCUT2D eigenvalue weighted by atomic mass is 35.5. The average molecular weight is 312 g/mol. The molecule has 0 heterocycles. The van der Waals surface area contributed by atoms with Gasteiger partial charge in [0, 0.05) is 6.04 Å². The van der Waals surface area contributed by atoms with Gasteiger partial charge in [-0.15, -0.1) is 0 Å². The summed E-state index contributed by atoms with van der Waals surface area (Å²) in [7, 11) is 3.30. The number of halogens is 3. The van der Waals surface area contributed by atoms with Gasteiger partial charge in [-0.3, -0.25) is 0 Å². The van der Waals surface area contributed by atoms with Crippen LogP contribution >= 0.6 is 11.6 Å². The van der Waals surface area contributed by atoms with Gasteiger partial charge in [-0.05, 0) is 42.8 Å². The fourth-order valence-electron chi connectivity index (χ4n) is 2.21. The zero-order chi connectivity index (χ0) is 15.4. The smallest absolute Gasteiger partial charge is 0.162 e. The van der Waals surface area contributed by atoms with Crippen LogP contribution < -0.4 is 10.1 Å². The second-order valence-corrected chi connectivity index (χ2v) is 5.06. The second kappa shape index (κ2) is 6.87. The van der Waals surface area contributed by atoms with Crippen LogP contribution in [0.4, 0.5) is 8.78 Å². The summed E-state index contributed by atoms with van der Waals surface area (Å²) in [4.78, 5) is 0. The van der Waals surface area contributed by atoms with Gasteiger partial charge in [0.2, 0.25) is 0 Å². The molecule has 112 valence electrons. The van der Waals surface area contributed by atoms with E-state index in [1.54, 1.807) is 25.2 Å². The van der Waals surface area contributed by atoms with Gasteiger partial charge in [0.15, 0.2) is 11.6 Å². The van der Waals surface area contributed by atoms with Crippen molar-refractivity contribution < 1.29 is 13.5 Å². The fourth-order valence-corrected chi connectivity index (χ4v) is 2.40. The van der Waals surface area contributed by atoms with Gasteiger partial charge in [0.25, 0.3) is 0 Å². The SMILES string of the molecule is CNC(Cc1cccc(F)c1F)c1ccc(Cl)c(OC)c1. The Hall–Kier alpha value is -1.65. The van der Waals surface area contributed by atoms with Crippen molar-refractivity contribution in [2.24, 2.45) is 0 Å². The predicted molar refractivity (Wildman–Crippen MR) is 79.9 cm³/mol. The van der Waals surface area contributed by atoms with E-state index < -0.39 is 11.6 Å². The summed E-state index contributed by atoms with van der Waals surface area (Å²) in [6, 6.07) is 9.37. The van der Waals surface area contributed by atoms with Crippen molar-refractivity contribution in [3.8, 4) is 5.75 Å². The van der Waals surface area contributed by atoms with E-state index in [-0.39, 0.29) is 6.04 Å². The third kappa shape index (κ3) is 3.52. The van der Waals surface area contributed by atoms with Gasteiger partial charge in [0.05, 0.1) is 12.1 Å². The molecule has 0 aromatic heterocycles. The number of ether oxygens (including phenoxy) is 1. The summed E-state index contributed by atoms with van der Waals surface area (Å²) in [5, 5.41) is 3.60. The van der Waals surface area contributed by atoms with Crippen molar-refractivity contribution in [1.29, 1.82) is 0 Å². The third-order valence-corrected chi connectivity index (χ3v) is 3.69. The van der Waals surface area contributed by atoms with Gasteiger partial charge < -0.3 is 10.1 Å². The molecule has 2 nitrogen and oxygen atoms in total. The van der Waals surface area contributed by atoms with E-state index in [1.165, 1.54) is 13.2 Å². The molecule has 2 aromatic rings. The summed E-state index contributed by atoms with van der Waals surface area (Å²) >= 11 is 6.00. The maximum absolute atomic E-state index is 13.8. The Morgan fingerprint density at radius 3 is 2.67 bits per heavy atom. The number of likely N-dealkylation sites (N-methyl/N-ethyl adjacent to an activating group) is 1. The molecule has 2 rings (SSSR count). The molecule has 5 heteroatoms. The lowest BCUT2D eigenvalue weighted by atomic mass is 9.98. The van der Waals surface area contributed by atoms with Crippen LogP contribution in [0, 0.1) is 11.6 Å². The van der Waals surface area contributed by atoms with Gasteiger partial charge in [0.1, 0.15) is 5.75 Å². The van der Waals surface area contributed by atoms with Gasteiger partial charge in [-0.1, -0.05) is 29.8 Å². The number of hydrogen-bond donors (Lipinski definition) is 1. The quantitative estimate of drug-likeness (QED) is 0.896. The van der Waals surface area contributed by atoms with Crippen molar-refractivity contribution in [3.63, 3.8) is 0 Å². The average Bonchev–Trinajstić information content (AvgIpc) is 2.49. The summed E-state index contributed by atoms with van der Waals surface area (Å²) in [6.07, 6.45) is 0.324. The molecule has 0 amide bonds. The molecule has 1 N–H and O–H groups in total. The topological polar surface area (TPSA) is 21.3 Å². The Balaban J connectivity index is 2.30. The Kier molecular flexibility index (Phi) is 5.15. The van der Waals surface area contributed by atoms with Crippen LogP contribution in [0.2, 0.25) is 5.02 Å². The molecule has 1 unspecified atom stereocenters. The second-order valence-electron chi connectivity index (χ2n) is 4.65. The lowest BCUT2D eigenvalue weighted by Crippen LogP contribution is -2.19. The molecule has 0 radical (unpaired) electrons. The Morgan fingerprint density at radius 1 is 1.24 bits per heavy atom. The van der Waals surface area contributed by atoms with Crippen LogP contribution in [-0.2, 0) is 6.42 Å². The predicted octanol–water partition coefficient (Wildman–Crippen LogP) is 4.13. The van der Waals surface area contributed by atoms with Gasteiger partial charge >= 0.3 is 0 Å². The van der Waals surface area contributed by atoms with Crippen LogP contribution in [0.5, 0.6) is 5.75 Å². The first-order chi connectivity index (χ1) is 10.1. The summed E-state index contributed by atoms with van der Waals surface area (Å²) in [6.45, 7) is 0. The van der Waals surface area contributed by atoms with E-state index in [4.69, 9.17) is 16.3 Å². The number of methoxy groups -OCH3 is 1. The van der Waals surface area contributed by atoms with E-state index >= 15 is 0 Å². The van der Waals surface area contributed by atoms with Crippen molar-refractivity contribution in [2.75, 3.05) is 14.2 Å². The molecule has 0 spiro atoms. The minimum absolute atomic E-state index is 0.174. The third-order valence-electron chi connectivity index (χ3n) is 3.38. The first kappa shape index (κ1) is 15.7. The largest absolute Gasteiger partial charge is 0.495 e. The van der Waals surface area contributed by atoms with Crippen molar-refractivity contribution >= 4 is 11.6 Å². The van der Waals surface area contributed by atoms with Gasteiger partial charge in [-0.25, -0.2) is 8.78 Å². The molecule has 1 atom stereocenters. The maximum atomic E-state index is 13.8. The Labute approximate surface area is 127 Å². The zero-order valence-corrected chi connectivity index (χ0v) is 12.5. The fraction of sp³-hybridized carbons (Fsp3) is 0.250. The molecule has 0 saturated heterocycles. The standard InChI is InChI=1S/C16H16ClF2NO/c1-20-14(8-11-4-3-5-13(18)16(11)19)10-6-7-12(17)15(9-10)21-2/h3-7,9,14,20H,8H2,1-2H3. The first-order valence-electron chi connectivity index (χ1n) is 6.50. The molecule has 2 aromatic carbocycles. The number of nitrogens with one attached hydrogen (secondary N) is 1. The van der Waals surface area contributed by atoms with E-state index in [9.17, 15) is 8.78 Å². The molecular formula is C16H16ClF2NO. The lowest BCUT2D eigenvalue weighted by Gasteiger charge is -2.18. The maximum Gasteiger partial charge on any atom is 0.162 e. The van der Waals surface area contributed by atoms with Crippen molar-refractivity contribution in [1.82, 2.24) is 5.32 Å².